The van der Waals surface area contributed by atoms with Gasteiger partial charge in [0.1, 0.15) is 0 Å². The summed E-state index contributed by atoms with van der Waals surface area (Å²) in [5.74, 6) is 0.580. The molecular weight excluding hydrogens is 246 g/mol. The number of hydrogen-bond donors (Lipinski definition) is 1. The Bertz CT molecular complexity index is 626. The standard InChI is InChI=1S/C14H18ClN3/c1-13(2)11(14(13,3)4)18-10-6-5-8(15)7-9(10)17-12(18)16/h5-7,11H,1-4H3,(H2,16,17). The Morgan fingerprint density at radius 3 is 2.39 bits per heavy atom. The number of nitrogen functional groups attached to an aromatic ring is 1. The van der Waals surface area contributed by atoms with Gasteiger partial charge in [0.15, 0.2) is 0 Å². The smallest absolute Gasteiger partial charge is 0.201 e. The highest BCUT2D eigenvalue weighted by molar-refractivity contribution is 6.31. The maximum atomic E-state index is 6.10. The van der Waals surface area contributed by atoms with E-state index in [2.05, 4.69) is 37.2 Å². The summed E-state index contributed by atoms with van der Waals surface area (Å²) < 4.78 is 2.16. The second-order valence-electron chi connectivity index (χ2n) is 6.32. The zero-order valence-electron chi connectivity index (χ0n) is 11.2. The summed E-state index contributed by atoms with van der Waals surface area (Å²) in [5, 5.41) is 0.696. The molecule has 0 unspecified atom stereocenters. The number of aromatic nitrogens is 2. The van der Waals surface area contributed by atoms with E-state index in [-0.39, 0.29) is 10.8 Å². The largest absolute Gasteiger partial charge is 0.369 e. The van der Waals surface area contributed by atoms with Crippen LogP contribution in [0.2, 0.25) is 5.02 Å². The number of nitrogens with zero attached hydrogens (tertiary/aromatic N) is 2. The number of hydrogen-bond acceptors (Lipinski definition) is 2. The first kappa shape index (κ1) is 11.8. The van der Waals surface area contributed by atoms with Gasteiger partial charge in [0, 0.05) is 11.1 Å². The van der Waals surface area contributed by atoms with Crippen LogP contribution in [0.15, 0.2) is 18.2 Å². The quantitative estimate of drug-likeness (QED) is 0.849. The fraction of sp³-hybridized carbons (Fsp3) is 0.500. The number of anilines is 1. The van der Waals surface area contributed by atoms with E-state index >= 15 is 0 Å². The topological polar surface area (TPSA) is 43.8 Å². The van der Waals surface area contributed by atoms with Crippen LogP contribution in [0, 0.1) is 10.8 Å². The Balaban J connectivity index is 2.23. The van der Waals surface area contributed by atoms with Crippen LogP contribution in [0.1, 0.15) is 33.7 Å². The molecule has 0 radical (unpaired) electrons. The Kier molecular flexibility index (Phi) is 2.11. The maximum Gasteiger partial charge on any atom is 0.201 e. The van der Waals surface area contributed by atoms with E-state index in [4.69, 9.17) is 17.3 Å². The fourth-order valence-electron chi connectivity index (χ4n) is 3.17. The van der Waals surface area contributed by atoms with Crippen molar-refractivity contribution in [1.82, 2.24) is 9.55 Å². The van der Waals surface area contributed by atoms with E-state index in [0.717, 1.165) is 11.0 Å². The van der Waals surface area contributed by atoms with Crippen molar-refractivity contribution >= 4 is 28.6 Å². The molecule has 3 nitrogen and oxygen atoms in total. The van der Waals surface area contributed by atoms with Gasteiger partial charge in [-0.1, -0.05) is 39.3 Å². The molecule has 4 heteroatoms. The molecule has 1 aromatic carbocycles. The van der Waals surface area contributed by atoms with Crippen molar-refractivity contribution in [2.24, 2.45) is 10.8 Å². The summed E-state index contributed by atoms with van der Waals surface area (Å²) in [7, 11) is 0. The number of imidazole rings is 1. The van der Waals surface area contributed by atoms with Crippen LogP contribution in [0.3, 0.4) is 0 Å². The molecule has 96 valence electrons. The molecule has 0 atom stereocenters. The molecule has 3 rings (SSSR count). The Morgan fingerprint density at radius 2 is 1.83 bits per heavy atom. The average Bonchev–Trinajstić information content (AvgIpc) is 2.52. The third-order valence-electron chi connectivity index (χ3n) is 4.88. The normalized spacial score (nSPS) is 21.4. The molecular formula is C14H18ClN3. The third-order valence-corrected chi connectivity index (χ3v) is 5.12. The van der Waals surface area contributed by atoms with Gasteiger partial charge in [-0.05, 0) is 29.0 Å². The molecule has 1 aliphatic rings. The Labute approximate surface area is 112 Å². The Morgan fingerprint density at radius 1 is 1.22 bits per heavy atom. The third kappa shape index (κ3) is 1.28. The molecule has 1 aromatic heterocycles. The van der Waals surface area contributed by atoms with E-state index < -0.39 is 0 Å². The number of benzene rings is 1. The first-order valence-electron chi connectivity index (χ1n) is 6.20. The molecule has 1 saturated carbocycles. The first-order chi connectivity index (χ1) is 8.26. The zero-order chi connectivity index (χ0) is 13.3. The molecule has 2 aromatic rings. The number of rotatable bonds is 1. The molecule has 0 spiro atoms. The van der Waals surface area contributed by atoms with Crippen LogP contribution in [-0.2, 0) is 0 Å². The fourth-order valence-corrected chi connectivity index (χ4v) is 3.34. The molecule has 18 heavy (non-hydrogen) atoms. The van der Waals surface area contributed by atoms with Gasteiger partial charge in [-0.2, -0.15) is 0 Å². The lowest BCUT2D eigenvalue weighted by Crippen LogP contribution is -2.05. The van der Waals surface area contributed by atoms with Crippen LogP contribution < -0.4 is 5.73 Å². The zero-order valence-corrected chi connectivity index (χ0v) is 11.9. The molecule has 0 bridgehead atoms. The van der Waals surface area contributed by atoms with Gasteiger partial charge in [0.2, 0.25) is 5.95 Å². The number of nitrogens with two attached hydrogens (primary N) is 1. The van der Waals surface area contributed by atoms with E-state index in [1.807, 2.05) is 18.2 Å². The highest BCUT2D eigenvalue weighted by Crippen LogP contribution is 2.72. The number of halogens is 1. The average molecular weight is 264 g/mol. The van der Waals surface area contributed by atoms with Gasteiger partial charge < -0.3 is 10.3 Å². The van der Waals surface area contributed by atoms with Crippen molar-refractivity contribution in [3.8, 4) is 0 Å². The van der Waals surface area contributed by atoms with Gasteiger partial charge in [-0.15, -0.1) is 0 Å². The highest BCUT2D eigenvalue weighted by atomic mass is 35.5. The van der Waals surface area contributed by atoms with Crippen LogP contribution >= 0.6 is 11.6 Å². The SMILES string of the molecule is CC1(C)C(n2c(N)nc3cc(Cl)ccc32)C1(C)C. The molecule has 2 N–H and O–H groups in total. The van der Waals surface area contributed by atoms with E-state index in [1.54, 1.807) is 0 Å². The molecule has 0 saturated heterocycles. The van der Waals surface area contributed by atoms with E-state index in [0.29, 0.717) is 17.0 Å². The van der Waals surface area contributed by atoms with E-state index in [9.17, 15) is 0 Å². The van der Waals surface area contributed by atoms with Crippen molar-refractivity contribution in [2.75, 3.05) is 5.73 Å². The van der Waals surface area contributed by atoms with Crippen molar-refractivity contribution in [3.05, 3.63) is 23.2 Å². The second kappa shape index (κ2) is 3.21. The number of fused-ring (bicyclic) bond motifs is 1. The summed E-state index contributed by atoms with van der Waals surface area (Å²) >= 11 is 6.00. The lowest BCUT2D eigenvalue weighted by atomic mass is 10.0. The van der Waals surface area contributed by atoms with Gasteiger partial charge in [-0.3, -0.25) is 0 Å². The van der Waals surface area contributed by atoms with Gasteiger partial charge in [0.25, 0.3) is 0 Å². The molecule has 0 aliphatic heterocycles. The van der Waals surface area contributed by atoms with Gasteiger partial charge >= 0.3 is 0 Å². The molecule has 1 fully saturated rings. The van der Waals surface area contributed by atoms with Crippen LogP contribution in [-0.4, -0.2) is 9.55 Å². The highest BCUT2D eigenvalue weighted by Gasteiger charge is 2.66. The first-order valence-corrected chi connectivity index (χ1v) is 6.57. The van der Waals surface area contributed by atoms with Crippen molar-refractivity contribution in [1.29, 1.82) is 0 Å². The van der Waals surface area contributed by atoms with Crippen LogP contribution in [0.4, 0.5) is 5.95 Å². The summed E-state index contributed by atoms with van der Waals surface area (Å²) in [4.78, 5) is 4.42. The van der Waals surface area contributed by atoms with Crippen molar-refractivity contribution < 1.29 is 0 Å². The van der Waals surface area contributed by atoms with Gasteiger partial charge in [0.05, 0.1) is 11.0 Å². The lowest BCUT2D eigenvalue weighted by molar-refractivity contribution is 0.457. The molecule has 1 aliphatic carbocycles. The summed E-state index contributed by atoms with van der Waals surface area (Å²) in [5.41, 5.74) is 8.50. The van der Waals surface area contributed by atoms with Crippen LogP contribution in [0.25, 0.3) is 11.0 Å². The van der Waals surface area contributed by atoms with Gasteiger partial charge in [-0.25, -0.2) is 4.98 Å². The lowest BCUT2D eigenvalue weighted by Gasteiger charge is -2.08. The summed E-state index contributed by atoms with van der Waals surface area (Å²) in [6, 6.07) is 6.15. The summed E-state index contributed by atoms with van der Waals surface area (Å²) in [6.07, 6.45) is 0. The minimum Gasteiger partial charge on any atom is -0.369 e. The van der Waals surface area contributed by atoms with Crippen molar-refractivity contribution in [2.45, 2.75) is 33.7 Å². The molecule has 1 heterocycles. The monoisotopic (exact) mass is 263 g/mol. The minimum absolute atomic E-state index is 0.231. The second-order valence-corrected chi connectivity index (χ2v) is 6.76. The minimum atomic E-state index is 0.231. The predicted molar refractivity (Wildman–Crippen MR) is 75.8 cm³/mol. The summed E-state index contributed by atoms with van der Waals surface area (Å²) in [6.45, 7) is 9.11. The maximum absolute atomic E-state index is 6.10. The molecule has 0 amide bonds. The van der Waals surface area contributed by atoms with Crippen molar-refractivity contribution in [3.63, 3.8) is 0 Å². The van der Waals surface area contributed by atoms with E-state index in [1.165, 1.54) is 0 Å². The Hall–Kier alpha value is -1.22. The van der Waals surface area contributed by atoms with Crippen LogP contribution in [0.5, 0.6) is 0 Å². The predicted octanol–water partition coefficient (Wildman–Crippen LogP) is 3.88.